The smallest absolute Gasteiger partial charge is 0.416 e. The zero-order valence-electron chi connectivity index (χ0n) is 13.5. The molecule has 136 valence electrons. The van der Waals surface area contributed by atoms with Crippen molar-refractivity contribution in [3.8, 4) is 5.75 Å². The van der Waals surface area contributed by atoms with Crippen LogP contribution in [-0.4, -0.2) is 36.3 Å². The third-order valence-electron chi connectivity index (χ3n) is 5.46. The lowest BCUT2D eigenvalue weighted by Gasteiger charge is -2.36. The highest BCUT2D eigenvalue weighted by Gasteiger charge is 2.57. The van der Waals surface area contributed by atoms with Gasteiger partial charge in [-0.2, -0.15) is 13.2 Å². The van der Waals surface area contributed by atoms with E-state index in [2.05, 4.69) is 0 Å². The van der Waals surface area contributed by atoms with Gasteiger partial charge in [0.25, 0.3) is 0 Å². The molecule has 1 saturated heterocycles. The van der Waals surface area contributed by atoms with Gasteiger partial charge in [-0.25, -0.2) is 0 Å². The van der Waals surface area contributed by atoms with E-state index in [1.54, 1.807) is 0 Å². The van der Waals surface area contributed by atoms with Crippen LogP contribution in [0.25, 0.3) is 0 Å². The molecule has 8 heteroatoms. The number of rotatable bonds is 1. The van der Waals surface area contributed by atoms with Crippen molar-refractivity contribution in [1.29, 1.82) is 0 Å². The first-order valence-corrected chi connectivity index (χ1v) is 8.29. The molecular weight excluding hydrogens is 337 g/mol. The second-order valence-electron chi connectivity index (χ2n) is 7.06. The molecule has 1 aliphatic carbocycles. The predicted octanol–water partition coefficient (Wildman–Crippen LogP) is 2.28. The van der Waals surface area contributed by atoms with Gasteiger partial charge in [0.1, 0.15) is 5.75 Å². The first kappa shape index (κ1) is 16.7. The Kier molecular flexibility index (Phi) is 3.73. The Balaban J connectivity index is 1.59. The molecule has 0 unspecified atom stereocenters. The molecule has 1 aromatic rings. The number of halogens is 3. The maximum atomic E-state index is 13.1. The summed E-state index contributed by atoms with van der Waals surface area (Å²) >= 11 is 0. The Morgan fingerprint density at radius 2 is 2.16 bits per heavy atom. The maximum absolute atomic E-state index is 13.1. The molecular formula is C17H19F3N2O3. The summed E-state index contributed by atoms with van der Waals surface area (Å²) in [6, 6.07) is 3.26. The average Bonchev–Trinajstić information content (AvgIpc) is 3.09. The average molecular weight is 356 g/mol. The summed E-state index contributed by atoms with van der Waals surface area (Å²) in [5.41, 5.74) is 4.97. The Labute approximate surface area is 142 Å². The van der Waals surface area contributed by atoms with E-state index in [-0.39, 0.29) is 31.3 Å². The third kappa shape index (κ3) is 2.67. The lowest BCUT2D eigenvalue weighted by molar-refractivity contribution is -0.149. The molecule has 3 aliphatic rings. The third-order valence-corrected chi connectivity index (χ3v) is 5.46. The number of carbonyl (C=O) groups excluding carboxylic acids is 1. The van der Waals surface area contributed by atoms with E-state index in [0.717, 1.165) is 12.1 Å². The quantitative estimate of drug-likeness (QED) is 0.839. The fourth-order valence-corrected chi connectivity index (χ4v) is 4.25. The zero-order valence-corrected chi connectivity index (χ0v) is 13.5. The maximum Gasteiger partial charge on any atom is 0.416 e. The molecule has 25 heavy (non-hydrogen) atoms. The van der Waals surface area contributed by atoms with Crippen LogP contribution in [0.2, 0.25) is 0 Å². The normalized spacial score (nSPS) is 31.4. The van der Waals surface area contributed by atoms with Crippen LogP contribution >= 0.6 is 0 Å². The largest absolute Gasteiger partial charge is 0.473 e. The number of benzene rings is 1. The number of hydrogen-bond donors (Lipinski definition) is 1. The van der Waals surface area contributed by atoms with Gasteiger partial charge < -0.3 is 20.1 Å². The summed E-state index contributed by atoms with van der Waals surface area (Å²) in [6.07, 6.45) is -2.87. The Bertz CT molecular complexity index is 709. The lowest BCUT2D eigenvalue weighted by Crippen LogP contribution is -2.48. The van der Waals surface area contributed by atoms with Gasteiger partial charge in [-0.3, -0.25) is 4.79 Å². The number of fused-ring (bicyclic) bond motifs is 2. The fraction of sp³-hybridized carbons (Fsp3) is 0.588. The summed E-state index contributed by atoms with van der Waals surface area (Å²) in [7, 11) is 0. The van der Waals surface area contributed by atoms with Crippen LogP contribution in [0.3, 0.4) is 0 Å². The molecule has 1 saturated carbocycles. The minimum Gasteiger partial charge on any atom is -0.473 e. The minimum absolute atomic E-state index is 0.0287. The first-order chi connectivity index (χ1) is 11.8. The Morgan fingerprint density at radius 1 is 1.36 bits per heavy atom. The van der Waals surface area contributed by atoms with Gasteiger partial charge in [-0.05, 0) is 37.5 Å². The standard InChI is InChI=1S/C17H19F3N2O3/c18-17(19,20)11-1-2-13-10(5-11)8-22(9-25-13)15(23)16-3-4-24-14(16)6-12(21)7-16/h1-2,5,12,14H,3-4,6-9,21H2/t12-,14-,16-/m1/s1. The van der Waals surface area contributed by atoms with Gasteiger partial charge in [-0.1, -0.05) is 0 Å². The van der Waals surface area contributed by atoms with E-state index in [4.69, 9.17) is 15.2 Å². The summed E-state index contributed by atoms with van der Waals surface area (Å²) in [5.74, 6) is 0.253. The molecule has 0 spiro atoms. The number of carbonyl (C=O) groups is 1. The first-order valence-electron chi connectivity index (χ1n) is 8.29. The van der Waals surface area contributed by atoms with Crippen molar-refractivity contribution in [2.45, 2.75) is 44.1 Å². The topological polar surface area (TPSA) is 64.8 Å². The lowest BCUT2D eigenvalue weighted by atomic mass is 9.81. The van der Waals surface area contributed by atoms with Crippen molar-refractivity contribution in [2.75, 3.05) is 13.3 Å². The predicted molar refractivity (Wildman–Crippen MR) is 81.5 cm³/mol. The molecule has 3 atom stereocenters. The van der Waals surface area contributed by atoms with Crippen LogP contribution < -0.4 is 10.5 Å². The number of amides is 1. The molecule has 2 aliphatic heterocycles. The van der Waals surface area contributed by atoms with Gasteiger partial charge in [0.05, 0.1) is 23.6 Å². The molecule has 5 nitrogen and oxygen atoms in total. The zero-order chi connectivity index (χ0) is 17.8. The van der Waals surface area contributed by atoms with E-state index >= 15 is 0 Å². The van der Waals surface area contributed by atoms with Crippen LogP contribution in [-0.2, 0) is 22.3 Å². The van der Waals surface area contributed by atoms with E-state index in [1.165, 1.54) is 11.0 Å². The second kappa shape index (κ2) is 5.60. The number of ether oxygens (including phenoxy) is 2. The summed E-state index contributed by atoms with van der Waals surface area (Å²) in [4.78, 5) is 14.6. The van der Waals surface area contributed by atoms with Crippen molar-refractivity contribution in [1.82, 2.24) is 4.90 Å². The second-order valence-corrected chi connectivity index (χ2v) is 7.06. The minimum atomic E-state index is -4.43. The van der Waals surface area contributed by atoms with Gasteiger partial charge >= 0.3 is 6.18 Å². The van der Waals surface area contributed by atoms with Gasteiger partial charge in [-0.15, -0.1) is 0 Å². The van der Waals surface area contributed by atoms with Crippen LogP contribution in [0.1, 0.15) is 30.4 Å². The molecule has 0 radical (unpaired) electrons. The SMILES string of the molecule is N[C@@H]1C[C@H]2OCC[C@@]2(C(=O)N2COc3ccc(C(F)(F)F)cc3C2)C1. The number of hydrogen-bond acceptors (Lipinski definition) is 4. The molecule has 2 fully saturated rings. The van der Waals surface area contributed by atoms with Crippen LogP contribution in [0.4, 0.5) is 13.2 Å². The van der Waals surface area contributed by atoms with Crippen LogP contribution in [0.15, 0.2) is 18.2 Å². The molecule has 1 aromatic carbocycles. The molecule has 0 aromatic heterocycles. The summed E-state index contributed by atoms with van der Waals surface area (Å²) < 4.78 is 50.0. The molecule has 0 bridgehead atoms. The Hall–Kier alpha value is -1.80. The Morgan fingerprint density at radius 3 is 2.92 bits per heavy atom. The highest BCUT2D eigenvalue weighted by Crippen LogP contribution is 2.48. The van der Waals surface area contributed by atoms with Gasteiger partial charge in [0.2, 0.25) is 5.91 Å². The van der Waals surface area contributed by atoms with Gasteiger partial charge in [0.15, 0.2) is 6.73 Å². The number of nitrogens with two attached hydrogens (primary N) is 1. The van der Waals surface area contributed by atoms with Crippen molar-refractivity contribution in [3.05, 3.63) is 29.3 Å². The summed E-state index contributed by atoms with van der Waals surface area (Å²) in [6.45, 7) is 0.634. The van der Waals surface area contributed by atoms with Crippen molar-refractivity contribution in [3.63, 3.8) is 0 Å². The van der Waals surface area contributed by atoms with E-state index in [9.17, 15) is 18.0 Å². The van der Waals surface area contributed by atoms with Gasteiger partial charge in [0, 0.05) is 18.2 Å². The van der Waals surface area contributed by atoms with E-state index in [0.29, 0.717) is 37.2 Å². The highest BCUT2D eigenvalue weighted by molar-refractivity contribution is 5.84. The monoisotopic (exact) mass is 356 g/mol. The van der Waals surface area contributed by atoms with Crippen molar-refractivity contribution < 1.29 is 27.4 Å². The number of nitrogens with zero attached hydrogens (tertiary/aromatic N) is 1. The molecule has 2 heterocycles. The van der Waals surface area contributed by atoms with Crippen molar-refractivity contribution in [2.24, 2.45) is 11.1 Å². The van der Waals surface area contributed by atoms with Crippen LogP contribution in [0, 0.1) is 5.41 Å². The molecule has 1 amide bonds. The molecule has 2 N–H and O–H groups in total. The highest BCUT2D eigenvalue weighted by atomic mass is 19.4. The van der Waals surface area contributed by atoms with Crippen molar-refractivity contribution >= 4 is 5.91 Å². The molecule has 4 rings (SSSR count). The van der Waals surface area contributed by atoms with E-state index < -0.39 is 17.2 Å². The number of alkyl halides is 3. The van der Waals surface area contributed by atoms with Crippen LogP contribution in [0.5, 0.6) is 5.75 Å². The van der Waals surface area contributed by atoms with E-state index in [1.807, 2.05) is 0 Å². The fourth-order valence-electron chi connectivity index (χ4n) is 4.25. The summed E-state index contributed by atoms with van der Waals surface area (Å²) in [5, 5.41) is 0.